The number of aromatic nitrogens is 4. The Morgan fingerprint density at radius 1 is 1.56 bits per heavy atom. The van der Waals surface area contributed by atoms with Gasteiger partial charge in [0.2, 0.25) is 0 Å². The third-order valence-electron chi connectivity index (χ3n) is 1.99. The van der Waals surface area contributed by atoms with Crippen LogP contribution in [0.25, 0.3) is 11.2 Å². The lowest BCUT2D eigenvalue weighted by atomic mass is 10.4. The maximum atomic E-state index is 10.6. The number of fused-ring (bicyclic) bond motifs is 1. The van der Waals surface area contributed by atoms with Gasteiger partial charge >= 0.3 is 7.60 Å². The van der Waals surface area contributed by atoms with Gasteiger partial charge in [0.05, 0.1) is 14.3 Å². The highest BCUT2D eigenvalue weighted by molar-refractivity contribution is 7.51. The predicted octanol–water partition coefficient (Wildman–Crippen LogP) is -0.371. The van der Waals surface area contributed by atoms with Gasteiger partial charge in [-0.2, -0.15) is 0 Å². The average molecular weight is 274 g/mol. The van der Waals surface area contributed by atoms with E-state index in [1.54, 1.807) is 0 Å². The van der Waals surface area contributed by atoms with E-state index in [-0.39, 0.29) is 18.1 Å². The molecule has 0 aromatic carbocycles. The van der Waals surface area contributed by atoms with Gasteiger partial charge in [0.15, 0.2) is 11.5 Å². The summed E-state index contributed by atoms with van der Waals surface area (Å²) in [6, 6.07) is 0. The third kappa shape index (κ3) is 3.23. The third-order valence-corrected chi connectivity index (χ3v) is 2.47. The fraction of sp³-hybridized carbons (Fsp3) is 0.375. The number of nitrogens with zero attached hydrogens (tertiary/aromatic N) is 3. The summed E-state index contributed by atoms with van der Waals surface area (Å²) in [6.07, 6.45) is 0.552. The minimum atomic E-state index is -4.29. The SMILES string of the molecule is [2H]C(Cc1nc(N)c2[nH]cnc2n1)OCP(=O)(O)O. The maximum absolute atomic E-state index is 10.6. The number of hydrogen-bond acceptors (Lipinski definition) is 6. The largest absolute Gasteiger partial charge is 0.382 e. The number of rotatable bonds is 5. The summed E-state index contributed by atoms with van der Waals surface area (Å²) < 4.78 is 22.8. The number of H-pyrrole nitrogens is 1. The van der Waals surface area contributed by atoms with E-state index >= 15 is 0 Å². The van der Waals surface area contributed by atoms with Crippen LogP contribution in [0.1, 0.15) is 7.20 Å². The highest BCUT2D eigenvalue weighted by Crippen LogP contribution is 2.33. The molecule has 0 amide bonds. The van der Waals surface area contributed by atoms with E-state index in [4.69, 9.17) is 21.6 Å². The second-order valence-electron chi connectivity index (χ2n) is 3.46. The Morgan fingerprint density at radius 2 is 2.33 bits per heavy atom. The van der Waals surface area contributed by atoms with Gasteiger partial charge in [-0.3, -0.25) is 4.57 Å². The van der Waals surface area contributed by atoms with Crippen molar-refractivity contribution in [2.75, 3.05) is 18.7 Å². The van der Waals surface area contributed by atoms with E-state index in [2.05, 4.69) is 19.9 Å². The molecule has 10 heteroatoms. The molecule has 0 fully saturated rings. The number of nitrogens with one attached hydrogen (secondary N) is 1. The first kappa shape index (κ1) is 11.5. The lowest BCUT2D eigenvalue weighted by Crippen LogP contribution is -2.06. The first-order chi connectivity index (χ1) is 8.85. The molecule has 0 aliphatic heterocycles. The van der Waals surface area contributed by atoms with E-state index in [0.29, 0.717) is 11.2 Å². The van der Waals surface area contributed by atoms with Gasteiger partial charge < -0.3 is 25.2 Å². The second-order valence-corrected chi connectivity index (χ2v) is 5.05. The number of nitrogen functional groups attached to an aromatic ring is 1. The topological polar surface area (TPSA) is 147 Å². The molecule has 2 rings (SSSR count). The summed E-state index contributed by atoms with van der Waals surface area (Å²) >= 11 is 0. The summed E-state index contributed by atoms with van der Waals surface area (Å²) in [5.74, 6) is 0.419. The number of aromatic amines is 1. The Hall–Kier alpha value is -1.54. The van der Waals surface area contributed by atoms with Gasteiger partial charge in [-0.05, 0) is 0 Å². The fourth-order valence-electron chi connectivity index (χ4n) is 1.28. The van der Waals surface area contributed by atoms with E-state index in [1.807, 2.05) is 0 Å². The molecular formula is C8H12N5O4P. The molecule has 18 heavy (non-hydrogen) atoms. The van der Waals surface area contributed by atoms with Crippen LogP contribution in [0.2, 0.25) is 0 Å². The normalized spacial score (nSPS) is 14.7. The van der Waals surface area contributed by atoms with Crippen molar-refractivity contribution in [3.63, 3.8) is 0 Å². The van der Waals surface area contributed by atoms with E-state index in [9.17, 15) is 4.57 Å². The minimum Gasteiger partial charge on any atom is -0.382 e. The molecule has 0 aliphatic rings. The Balaban J connectivity index is 2.06. The van der Waals surface area contributed by atoms with E-state index in [0.717, 1.165) is 0 Å². The van der Waals surface area contributed by atoms with Crippen LogP contribution in [0.15, 0.2) is 6.33 Å². The Labute approximate surface area is 103 Å². The average Bonchev–Trinajstić information content (AvgIpc) is 2.74. The van der Waals surface area contributed by atoms with Crippen molar-refractivity contribution < 1.29 is 20.5 Å². The molecule has 0 saturated carbocycles. The van der Waals surface area contributed by atoms with Crippen molar-refractivity contribution in [2.24, 2.45) is 0 Å². The number of aryl methyl sites for hydroxylation is 1. The maximum Gasteiger partial charge on any atom is 0.350 e. The first-order valence-corrected chi connectivity index (χ1v) is 6.69. The highest BCUT2D eigenvalue weighted by Gasteiger charge is 2.13. The van der Waals surface area contributed by atoms with Crippen LogP contribution in [-0.2, 0) is 15.7 Å². The zero-order valence-electron chi connectivity index (χ0n) is 10.1. The number of anilines is 1. The number of hydrogen-bond donors (Lipinski definition) is 4. The van der Waals surface area contributed by atoms with Crippen LogP contribution in [0.5, 0.6) is 0 Å². The lowest BCUT2D eigenvalue weighted by Gasteiger charge is -2.05. The van der Waals surface area contributed by atoms with Gasteiger partial charge in [0, 0.05) is 6.42 Å². The quantitative estimate of drug-likeness (QED) is 0.540. The fourth-order valence-corrected chi connectivity index (χ4v) is 1.58. The zero-order valence-corrected chi connectivity index (χ0v) is 10.0. The molecule has 2 aromatic heterocycles. The summed E-state index contributed by atoms with van der Waals surface area (Å²) in [4.78, 5) is 32.0. The lowest BCUT2D eigenvalue weighted by molar-refractivity contribution is 0.159. The molecule has 5 N–H and O–H groups in total. The summed E-state index contributed by atoms with van der Waals surface area (Å²) in [7, 11) is -4.29. The number of nitrogens with two attached hydrogens (primary N) is 1. The first-order valence-electron chi connectivity index (χ1n) is 5.47. The molecule has 0 radical (unpaired) electrons. The van der Waals surface area contributed by atoms with Gasteiger partial charge in [0.25, 0.3) is 0 Å². The van der Waals surface area contributed by atoms with Crippen molar-refractivity contribution in [3.8, 4) is 0 Å². The van der Waals surface area contributed by atoms with Gasteiger partial charge in [-0.15, -0.1) is 0 Å². The Kier molecular flexibility index (Phi) is 3.20. The van der Waals surface area contributed by atoms with E-state index < -0.39 is 20.5 Å². The van der Waals surface area contributed by atoms with Crippen molar-refractivity contribution in [2.45, 2.75) is 6.42 Å². The zero-order chi connectivity index (χ0) is 14.0. The summed E-state index contributed by atoms with van der Waals surface area (Å²) in [6.45, 7) is -1.19. The minimum absolute atomic E-state index is 0.0486. The monoisotopic (exact) mass is 274 g/mol. The predicted molar refractivity (Wildman–Crippen MR) is 62.7 cm³/mol. The molecule has 98 valence electrons. The molecule has 1 atom stereocenters. The molecular weight excluding hydrogens is 261 g/mol. The molecule has 0 aliphatic carbocycles. The van der Waals surface area contributed by atoms with Crippen molar-refractivity contribution in [1.29, 1.82) is 0 Å². The van der Waals surface area contributed by atoms with Crippen molar-refractivity contribution >= 4 is 24.6 Å². The highest BCUT2D eigenvalue weighted by atomic mass is 31.2. The molecule has 0 saturated heterocycles. The molecule has 0 spiro atoms. The van der Waals surface area contributed by atoms with Gasteiger partial charge in [-0.1, -0.05) is 0 Å². The molecule has 0 bridgehead atoms. The van der Waals surface area contributed by atoms with Crippen molar-refractivity contribution in [3.05, 3.63) is 12.2 Å². The number of imidazole rings is 1. The molecule has 1 unspecified atom stereocenters. The van der Waals surface area contributed by atoms with Crippen LogP contribution < -0.4 is 5.73 Å². The summed E-state index contributed by atoms with van der Waals surface area (Å²) in [5, 5.41) is 0. The van der Waals surface area contributed by atoms with Gasteiger partial charge in [0.1, 0.15) is 17.7 Å². The van der Waals surface area contributed by atoms with Crippen LogP contribution in [0.3, 0.4) is 0 Å². The Morgan fingerprint density at radius 3 is 3.06 bits per heavy atom. The van der Waals surface area contributed by atoms with Crippen LogP contribution in [0, 0.1) is 0 Å². The smallest absolute Gasteiger partial charge is 0.350 e. The summed E-state index contributed by atoms with van der Waals surface area (Å²) in [5.41, 5.74) is 6.54. The molecule has 2 heterocycles. The number of ether oxygens (including phenoxy) is 1. The van der Waals surface area contributed by atoms with Crippen molar-refractivity contribution in [1.82, 2.24) is 19.9 Å². The van der Waals surface area contributed by atoms with E-state index in [1.165, 1.54) is 6.33 Å². The molecule has 2 aromatic rings. The second kappa shape index (κ2) is 4.99. The molecule has 9 nitrogen and oxygen atoms in total. The van der Waals surface area contributed by atoms with Gasteiger partial charge in [-0.25, -0.2) is 15.0 Å². The van der Waals surface area contributed by atoms with Crippen LogP contribution in [-0.4, -0.2) is 42.7 Å². The van der Waals surface area contributed by atoms with Crippen LogP contribution >= 0.6 is 7.60 Å². The van der Waals surface area contributed by atoms with Crippen LogP contribution in [0.4, 0.5) is 5.82 Å². The Bertz CT molecular complexity index is 629. The standard InChI is InChI=1S/C8H12N5O4P/c9-7-6-8(11-3-10-6)13-5(12-7)1-2-17-4-18(14,15)16/h3H,1-2,4H2,(H2,14,15,16)(H3,9,10,11,12,13)/i2D.